The fourth-order valence-corrected chi connectivity index (χ4v) is 2.75. The van der Waals surface area contributed by atoms with Crippen molar-refractivity contribution in [1.29, 1.82) is 0 Å². The number of nitro benzene ring substituents is 1. The van der Waals surface area contributed by atoms with Gasteiger partial charge in [0.05, 0.1) is 4.92 Å². The molecule has 1 aromatic carbocycles. The van der Waals surface area contributed by atoms with E-state index in [4.69, 9.17) is 5.11 Å². The van der Waals surface area contributed by atoms with Gasteiger partial charge in [-0.25, -0.2) is 4.79 Å². The molecule has 1 aliphatic carbocycles. The smallest absolute Gasteiger partial charge is 0.342 e. The molecule has 6 nitrogen and oxygen atoms in total. The zero-order valence-electron chi connectivity index (χ0n) is 11.4. The number of benzene rings is 1. The fraction of sp³-hybridized carbons (Fsp3) is 0.500. The highest BCUT2D eigenvalue weighted by molar-refractivity contribution is 5.93. The average Bonchev–Trinajstić information content (AvgIpc) is 2.38. The van der Waals surface area contributed by atoms with E-state index in [2.05, 4.69) is 12.2 Å². The van der Waals surface area contributed by atoms with E-state index in [1.807, 2.05) is 0 Å². The van der Waals surface area contributed by atoms with Crippen LogP contribution in [0.25, 0.3) is 0 Å². The summed E-state index contributed by atoms with van der Waals surface area (Å²) in [4.78, 5) is 21.3. The average molecular weight is 278 g/mol. The van der Waals surface area contributed by atoms with Crippen LogP contribution in [0, 0.1) is 10.1 Å². The van der Waals surface area contributed by atoms with E-state index in [1.165, 1.54) is 18.6 Å². The van der Waals surface area contributed by atoms with Crippen LogP contribution in [0.1, 0.15) is 49.4 Å². The van der Waals surface area contributed by atoms with Gasteiger partial charge in [-0.2, -0.15) is 0 Å². The second kappa shape index (κ2) is 5.48. The zero-order valence-corrected chi connectivity index (χ0v) is 11.4. The molecule has 0 spiro atoms. The first-order chi connectivity index (χ1) is 9.41. The van der Waals surface area contributed by atoms with Gasteiger partial charge in [0.15, 0.2) is 0 Å². The first kappa shape index (κ1) is 14.3. The van der Waals surface area contributed by atoms with Crippen LogP contribution in [0.15, 0.2) is 18.2 Å². The Morgan fingerprint density at radius 3 is 2.55 bits per heavy atom. The van der Waals surface area contributed by atoms with E-state index in [1.54, 1.807) is 6.07 Å². The maximum Gasteiger partial charge on any atom is 0.342 e. The summed E-state index contributed by atoms with van der Waals surface area (Å²) in [6, 6.07) is 4.17. The standard InChI is InChI=1S/C14H18N2O4/c1-14(7-3-2-4-8-14)15-10-5-6-12(16(19)20)11(9-10)13(17)18/h5-6,9,15H,2-4,7-8H2,1H3,(H,17,18). The second-order valence-electron chi connectivity index (χ2n) is 5.54. The summed E-state index contributed by atoms with van der Waals surface area (Å²) < 4.78 is 0. The summed E-state index contributed by atoms with van der Waals surface area (Å²) >= 11 is 0. The molecule has 1 saturated carbocycles. The van der Waals surface area contributed by atoms with Crippen molar-refractivity contribution < 1.29 is 14.8 Å². The van der Waals surface area contributed by atoms with E-state index in [-0.39, 0.29) is 16.8 Å². The number of hydrogen-bond donors (Lipinski definition) is 2. The summed E-state index contributed by atoms with van der Waals surface area (Å²) in [6.45, 7) is 2.11. The van der Waals surface area contributed by atoms with E-state index in [9.17, 15) is 14.9 Å². The van der Waals surface area contributed by atoms with Crippen LogP contribution in [0.2, 0.25) is 0 Å². The molecule has 0 bridgehead atoms. The van der Waals surface area contributed by atoms with Crippen LogP contribution in [0.5, 0.6) is 0 Å². The zero-order chi connectivity index (χ0) is 14.8. The third-order valence-electron chi connectivity index (χ3n) is 3.83. The number of anilines is 1. The van der Waals surface area contributed by atoms with Crippen molar-refractivity contribution in [2.75, 3.05) is 5.32 Å². The van der Waals surface area contributed by atoms with E-state index in [0.717, 1.165) is 25.7 Å². The highest BCUT2D eigenvalue weighted by Crippen LogP contribution is 2.32. The molecule has 0 unspecified atom stereocenters. The van der Waals surface area contributed by atoms with Gasteiger partial charge in [0, 0.05) is 17.3 Å². The largest absolute Gasteiger partial charge is 0.477 e. The van der Waals surface area contributed by atoms with E-state index >= 15 is 0 Å². The fourth-order valence-electron chi connectivity index (χ4n) is 2.75. The molecule has 1 fully saturated rings. The molecular formula is C14H18N2O4. The number of hydrogen-bond acceptors (Lipinski definition) is 4. The number of carboxylic acids is 1. The number of aromatic carboxylic acids is 1. The molecule has 0 aromatic heterocycles. The van der Waals surface area contributed by atoms with Crippen molar-refractivity contribution in [1.82, 2.24) is 0 Å². The van der Waals surface area contributed by atoms with Gasteiger partial charge in [0.25, 0.3) is 5.69 Å². The van der Waals surface area contributed by atoms with Crippen LogP contribution in [0.4, 0.5) is 11.4 Å². The first-order valence-electron chi connectivity index (χ1n) is 6.71. The third-order valence-corrected chi connectivity index (χ3v) is 3.83. The van der Waals surface area contributed by atoms with Crippen molar-refractivity contribution in [3.63, 3.8) is 0 Å². The Morgan fingerprint density at radius 2 is 2.00 bits per heavy atom. The van der Waals surface area contributed by atoms with Gasteiger partial charge in [0.2, 0.25) is 0 Å². The molecule has 0 amide bonds. The first-order valence-corrected chi connectivity index (χ1v) is 6.71. The predicted octanol–water partition coefficient (Wildman–Crippen LogP) is 3.43. The Balaban J connectivity index is 2.27. The Bertz CT molecular complexity index is 536. The quantitative estimate of drug-likeness (QED) is 0.650. The number of rotatable bonds is 4. The van der Waals surface area contributed by atoms with Gasteiger partial charge in [-0.1, -0.05) is 19.3 Å². The lowest BCUT2D eigenvalue weighted by molar-refractivity contribution is -0.385. The van der Waals surface area contributed by atoms with Crippen LogP contribution < -0.4 is 5.32 Å². The van der Waals surface area contributed by atoms with Gasteiger partial charge in [0.1, 0.15) is 5.56 Å². The van der Waals surface area contributed by atoms with Crippen LogP contribution in [-0.2, 0) is 0 Å². The van der Waals surface area contributed by atoms with Crippen LogP contribution >= 0.6 is 0 Å². The van der Waals surface area contributed by atoms with Crippen molar-refractivity contribution >= 4 is 17.3 Å². The Hall–Kier alpha value is -2.11. The van der Waals surface area contributed by atoms with Crippen molar-refractivity contribution in [3.8, 4) is 0 Å². The number of carboxylic acid groups (broad SMARTS) is 1. The molecule has 1 aromatic rings. The summed E-state index contributed by atoms with van der Waals surface area (Å²) in [6.07, 6.45) is 5.54. The van der Waals surface area contributed by atoms with Crippen LogP contribution in [-0.4, -0.2) is 21.5 Å². The molecule has 2 N–H and O–H groups in total. The molecule has 20 heavy (non-hydrogen) atoms. The molecule has 108 valence electrons. The summed E-state index contributed by atoms with van der Waals surface area (Å²) in [5.74, 6) is -1.28. The minimum atomic E-state index is -1.28. The lowest BCUT2D eigenvalue weighted by Gasteiger charge is -2.35. The lowest BCUT2D eigenvalue weighted by atomic mass is 9.83. The predicted molar refractivity (Wildman–Crippen MR) is 75.2 cm³/mol. The molecule has 0 radical (unpaired) electrons. The Kier molecular flexibility index (Phi) is 3.92. The minimum absolute atomic E-state index is 0.0653. The molecule has 0 atom stereocenters. The van der Waals surface area contributed by atoms with Crippen molar-refractivity contribution in [3.05, 3.63) is 33.9 Å². The molecular weight excluding hydrogens is 260 g/mol. The third kappa shape index (κ3) is 3.07. The van der Waals surface area contributed by atoms with E-state index < -0.39 is 10.9 Å². The molecule has 0 aliphatic heterocycles. The van der Waals surface area contributed by atoms with Gasteiger partial charge < -0.3 is 10.4 Å². The summed E-state index contributed by atoms with van der Waals surface area (Å²) in [7, 11) is 0. The van der Waals surface area contributed by atoms with Gasteiger partial charge in [-0.3, -0.25) is 10.1 Å². The second-order valence-corrected chi connectivity index (χ2v) is 5.54. The molecule has 6 heteroatoms. The van der Waals surface area contributed by atoms with Gasteiger partial charge in [-0.05, 0) is 31.9 Å². The monoisotopic (exact) mass is 278 g/mol. The molecule has 0 saturated heterocycles. The minimum Gasteiger partial charge on any atom is -0.477 e. The van der Waals surface area contributed by atoms with Crippen molar-refractivity contribution in [2.24, 2.45) is 0 Å². The molecule has 0 heterocycles. The van der Waals surface area contributed by atoms with Gasteiger partial charge in [-0.15, -0.1) is 0 Å². The molecule has 1 aliphatic rings. The normalized spacial score (nSPS) is 17.4. The van der Waals surface area contributed by atoms with Crippen LogP contribution in [0.3, 0.4) is 0 Å². The summed E-state index contributed by atoms with van der Waals surface area (Å²) in [5.41, 5.74) is -0.0990. The topological polar surface area (TPSA) is 92.5 Å². The maximum absolute atomic E-state index is 11.1. The number of carbonyl (C=O) groups is 1. The number of nitro groups is 1. The highest BCUT2D eigenvalue weighted by Gasteiger charge is 2.27. The SMILES string of the molecule is CC1(Nc2ccc([N+](=O)[O-])c(C(=O)O)c2)CCCCC1. The number of nitrogens with zero attached hydrogens (tertiary/aromatic N) is 1. The lowest BCUT2D eigenvalue weighted by Crippen LogP contribution is -2.36. The Labute approximate surface area is 117 Å². The molecule has 2 rings (SSSR count). The summed E-state index contributed by atoms with van der Waals surface area (Å²) in [5, 5.41) is 23.2. The Morgan fingerprint density at radius 1 is 1.35 bits per heavy atom. The highest BCUT2D eigenvalue weighted by atomic mass is 16.6. The maximum atomic E-state index is 11.1. The van der Waals surface area contributed by atoms with Gasteiger partial charge >= 0.3 is 5.97 Å². The number of nitrogens with one attached hydrogen (secondary N) is 1. The van der Waals surface area contributed by atoms with E-state index in [0.29, 0.717) is 5.69 Å². The van der Waals surface area contributed by atoms with Crippen molar-refractivity contribution in [2.45, 2.75) is 44.6 Å².